The molecule has 0 fully saturated rings. The fraction of sp³-hybridized carbons (Fsp3) is 0.462. The minimum atomic E-state index is -3.64. The third kappa shape index (κ3) is 1.57. The zero-order valence-electron chi connectivity index (χ0n) is 10.9. The van der Waals surface area contributed by atoms with Gasteiger partial charge in [-0.25, -0.2) is 8.42 Å². The summed E-state index contributed by atoms with van der Waals surface area (Å²) in [6.07, 6.45) is 0. The molecule has 0 atom stereocenters. The summed E-state index contributed by atoms with van der Waals surface area (Å²) >= 11 is 0. The monoisotopic (exact) mass is 267 g/mol. The number of anilines is 1. The van der Waals surface area contributed by atoms with Crippen LogP contribution in [0.4, 0.5) is 5.69 Å². The molecule has 18 heavy (non-hydrogen) atoms. The molecular weight excluding hydrogens is 250 g/mol. The Hall–Kier alpha value is -1.36. The highest BCUT2D eigenvalue weighted by molar-refractivity contribution is 7.94. The quantitative estimate of drug-likeness (QED) is 0.849. The van der Waals surface area contributed by atoms with Gasteiger partial charge in [0.1, 0.15) is 4.75 Å². The van der Waals surface area contributed by atoms with Gasteiger partial charge in [-0.15, -0.1) is 0 Å². The Bertz CT molecular complexity index is 615. The standard InChI is InChI=1S/C13H17NO3S/c1-8(2)9-6-5-7-10-11(9)14-12(15)13(3,4)18(10,16)17/h5-8H,1-4H3,(H,14,15). The molecule has 0 aliphatic carbocycles. The van der Waals surface area contributed by atoms with Crippen molar-refractivity contribution in [2.45, 2.75) is 43.3 Å². The van der Waals surface area contributed by atoms with Crippen molar-refractivity contribution in [1.29, 1.82) is 0 Å². The molecule has 0 bridgehead atoms. The number of carbonyl (C=O) groups is 1. The van der Waals surface area contributed by atoms with Crippen LogP contribution in [0.2, 0.25) is 0 Å². The Morgan fingerprint density at radius 3 is 2.39 bits per heavy atom. The molecule has 1 aliphatic heterocycles. The molecule has 98 valence electrons. The van der Waals surface area contributed by atoms with Crippen molar-refractivity contribution in [3.05, 3.63) is 23.8 Å². The van der Waals surface area contributed by atoms with Crippen LogP contribution in [0.3, 0.4) is 0 Å². The summed E-state index contributed by atoms with van der Waals surface area (Å²) in [4.78, 5) is 12.2. The first-order valence-corrected chi connectivity index (χ1v) is 7.37. The molecule has 0 aromatic heterocycles. The van der Waals surface area contributed by atoms with Gasteiger partial charge in [0.2, 0.25) is 5.91 Å². The lowest BCUT2D eigenvalue weighted by Crippen LogP contribution is -2.48. The van der Waals surface area contributed by atoms with Gasteiger partial charge < -0.3 is 5.32 Å². The zero-order chi connectivity index (χ0) is 13.7. The second-order valence-corrected chi connectivity index (χ2v) is 7.81. The molecule has 0 radical (unpaired) electrons. The molecule has 2 rings (SSSR count). The van der Waals surface area contributed by atoms with Crippen molar-refractivity contribution in [2.24, 2.45) is 0 Å². The average molecular weight is 267 g/mol. The van der Waals surface area contributed by atoms with Gasteiger partial charge in [0.15, 0.2) is 9.84 Å². The van der Waals surface area contributed by atoms with Crippen LogP contribution >= 0.6 is 0 Å². The lowest BCUT2D eigenvalue weighted by Gasteiger charge is -2.32. The topological polar surface area (TPSA) is 63.2 Å². The predicted molar refractivity (Wildman–Crippen MR) is 70.4 cm³/mol. The van der Waals surface area contributed by atoms with Crippen LogP contribution in [0.15, 0.2) is 23.1 Å². The SMILES string of the molecule is CC(C)c1cccc2c1NC(=O)C(C)(C)S2(=O)=O. The molecule has 0 unspecified atom stereocenters. The van der Waals surface area contributed by atoms with Gasteiger partial charge in [-0.3, -0.25) is 4.79 Å². The number of rotatable bonds is 1. The first-order chi connectivity index (χ1) is 8.19. The van der Waals surface area contributed by atoms with Crippen LogP contribution in [-0.2, 0) is 14.6 Å². The number of amides is 1. The number of hydrogen-bond donors (Lipinski definition) is 1. The maximum absolute atomic E-state index is 12.5. The van der Waals surface area contributed by atoms with Gasteiger partial charge in [-0.2, -0.15) is 0 Å². The van der Waals surface area contributed by atoms with E-state index in [1.807, 2.05) is 19.9 Å². The second kappa shape index (κ2) is 3.82. The van der Waals surface area contributed by atoms with Crippen molar-refractivity contribution in [2.75, 3.05) is 5.32 Å². The van der Waals surface area contributed by atoms with E-state index in [1.54, 1.807) is 12.1 Å². The van der Waals surface area contributed by atoms with Gasteiger partial charge in [-0.1, -0.05) is 26.0 Å². The van der Waals surface area contributed by atoms with Crippen molar-refractivity contribution >= 4 is 21.4 Å². The van der Waals surface area contributed by atoms with E-state index in [-0.39, 0.29) is 10.8 Å². The highest BCUT2D eigenvalue weighted by Crippen LogP contribution is 2.40. The Morgan fingerprint density at radius 1 is 1.22 bits per heavy atom. The van der Waals surface area contributed by atoms with Gasteiger partial charge in [-0.05, 0) is 31.4 Å². The van der Waals surface area contributed by atoms with E-state index in [0.717, 1.165) is 5.56 Å². The Kier molecular flexibility index (Phi) is 2.77. The highest BCUT2D eigenvalue weighted by Gasteiger charge is 2.48. The first kappa shape index (κ1) is 13.1. The molecule has 1 aliphatic rings. The molecule has 5 heteroatoms. The lowest BCUT2D eigenvalue weighted by atomic mass is 10.0. The number of para-hydroxylation sites is 1. The third-order valence-electron chi connectivity index (χ3n) is 3.43. The Balaban J connectivity index is 2.80. The van der Waals surface area contributed by atoms with Crippen molar-refractivity contribution in [3.8, 4) is 0 Å². The summed E-state index contributed by atoms with van der Waals surface area (Å²) < 4.78 is 23.5. The van der Waals surface area contributed by atoms with E-state index < -0.39 is 20.5 Å². The van der Waals surface area contributed by atoms with Crippen LogP contribution < -0.4 is 5.32 Å². The van der Waals surface area contributed by atoms with E-state index >= 15 is 0 Å². The van der Waals surface area contributed by atoms with Crippen LogP contribution in [0, 0.1) is 0 Å². The molecule has 1 amide bonds. The first-order valence-electron chi connectivity index (χ1n) is 5.88. The Labute approximate surface area is 107 Å². The second-order valence-electron chi connectivity index (χ2n) is 5.34. The summed E-state index contributed by atoms with van der Waals surface area (Å²) in [7, 11) is -3.64. The number of benzene rings is 1. The predicted octanol–water partition coefficient (Wildman–Crippen LogP) is 2.31. The molecule has 1 aromatic rings. The van der Waals surface area contributed by atoms with Crippen molar-refractivity contribution in [1.82, 2.24) is 0 Å². The smallest absolute Gasteiger partial charge is 0.245 e. The summed E-state index contributed by atoms with van der Waals surface area (Å²) in [6.45, 7) is 6.80. The molecule has 1 N–H and O–H groups in total. The maximum Gasteiger partial charge on any atom is 0.245 e. The number of fused-ring (bicyclic) bond motifs is 1. The maximum atomic E-state index is 12.5. The molecule has 4 nitrogen and oxygen atoms in total. The van der Waals surface area contributed by atoms with E-state index in [9.17, 15) is 13.2 Å². The van der Waals surface area contributed by atoms with Crippen molar-refractivity contribution < 1.29 is 13.2 Å². The number of carbonyl (C=O) groups excluding carboxylic acids is 1. The number of hydrogen-bond acceptors (Lipinski definition) is 3. The average Bonchev–Trinajstić information content (AvgIpc) is 2.26. The number of nitrogens with one attached hydrogen (secondary N) is 1. The largest absolute Gasteiger partial charge is 0.323 e. The molecule has 1 heterocycles. The molecule has 0 saturated heterocycles. The van der Waals surface area contributed by atoms with Crippen LogP contribution in [0.5, 0.6) is 0 Å². The van der Waals surface area contributed by atoms with Crippen LogP contribution in [0.25, 0.3) is 0 Å². The fourth-order valence-corrected chi connectivity index (χ4v) is 3.59. The summed E-state index contributed by atoms with van der Waals surface area (Å²) in [5, 5.41) is 2.74. The third-order valence-corrected chi connectivity index (χ3v) is 5.88. The summed E-state index contributed by atoms with van der Waals surface area (Å²) in [5.74, 6) is -0.320. The van der Waals surface area contributed by atoms with E-state index in [1.165, 1.54) is 13.8 Å². The van der Waals surface area contributed by atoms with Gasteiger partial charge >= 0.3 is 0 Å². The minimum Gasteiger partial charge on any atom is -0.323 e. The minimum absolute atomic E-state index is 0.150. The summed E-state index contributed by atoms with van der Waals surface area (Å²) in [6, 6.07) is 5.12. The number of sulfone groups is 1. The molecule has 0 saturated carbocycles. The fourth-order valence-electron chi connectivity index (χ4n) is 2.05. The highest BCUT2D eigenvalue weighted by atomic mass is 32.2. The lowest BCUT2D eigenvalue weighted by molar-refractivity contribution is -0.118. The van der Waals surface area contributed by atoms with Gasteiger partial charge in [0.25, 0.3) is 0 Å². The van der Waals surface area contributed by atoms with E-state index in [4.69, 9.17) is 0 Å². The van der Waals surface area contributed by atoms with E-state index in [2.05, 4.69) is 5.32 Å². The summed E-state index contributed by atoms with van der Waals surface area (Å²) in [5.41, 5.74) is 1.29. The Morgan fingerprint density at radius 2 is 1.83 bits per heavy atom. The van der Waals surface area contributed by atoms with Gasteiger partial charge in [0, 0.05) is 0 Å². The van der Waals surface area contributed by atoms with E-state index in [0.29, 0.717) is 5.69 Å². The normalized spacial score (nSPS) is 20.4. The molecule has 0 spiro atoms. The van der Waals surface area contributed by atoms with Crippen LogP contribution in [-0.4, -0.2) is 19.1 Å². The van der Waals surface area contributed by atoms with Gasteiger partial charge in [0.05, 0.1) is 10.6 Å². The van der Waals surface area contributed by atoms with Crippen molar-refractivity contribution in [3.63, 3.8) is 0 Å². The zero-order valence-corrected chi connectivity index (χ0v) is 11.8. The van der Waals surface area contributed by atoms with Crippen LogP contribution in [0.1, 0.15) is 39.2 Å². The molecule has 1 aromatic carbocycles. The molecular formula is C13H17NO3S.